The van der Waals surface area contributed by atoms with Gasteiger partial charge >= 0.3 is 0 Å². The van der Waals surface area contributed by atoms with Crippen LogP contribution < -0.4 is 10.6 Å². The minimum atomic E-state index is -0.0474. The van der Waals surface area contributed by atoms with Crippen LogP contribution in [-0.2, 0) is 4.79 Å². The van der Waals surface area contributed by atoms with Crippen molar-refractivity contribution < 1.29 is 4.79 Å². The monoisotopic (exact) mass is 274 g/mol. The molecule has 1 aliphatic rings. The first kappa shape index (κ1) is 12.3. The number of carbonyl (C=O) groups is 1. The molecule has 0 spiro atoms. The van der Waals surface area contributed by atoms with E-state index in [1.807, 2.05) is 23.6 Å². The second kappa shape index (κ2) is 5.46. The molecule has 1 fully saturated rings. The summed E-state index contributed by atoms with van der Waals surface area (Å²) in [7, 11) is 0. The second-order valence-electron chi connectivity index (χ2n) is 4.46. The lowest BCUT2D eigenvalue weighted by atomic mass is 10.3. The van der Waals surface area contributed by atoms with E-state index in [-0.39, 0.29) is 5.91 Å². The van der Waals surface area contributed by atoms with Crippen molar-refractivity contribution in [3.8, 4) is 11.4 Å². The summed E-state index contributed by atoms with van der Waals surface area (Å²) in [6.07, 6.45) is 4.08. The Balaban J connectivity index is 1.59. The SMILES string of the molecule is O=C(CNC1CC1)Nc1nc(-c2ccccn2)cs1. The van der Waals surface area contributed by atoms with Crippen LogP contribution in [0.5, 0.6) is 0 Å². The molecule has 2 heterocycles. The van der Waals surface area contributed by atoms with Gasteiger partial charge in [0, 0.05) is 17.6 Å². The van der Waals surface area contributed by atoms with Gasteiger partial charge in [-0.05, 0) is 25.0 Å². The Hall–Kier alpha value is -1.79. The maximum atomic E-state index is 11.7. The molecular formula is C13H14N4OS. The number of hydrogen-bond acceptors (Lipinski definition) is 5. The summed E-state index contributed by atoms with van der Waals surface area (Å²) in [6, 6.07) is 6.21. The summed E-state index contributed by atoms with van der Waals surface area (Å²) >= 11 is 1.41. The van der Waals surface area contributed by atoms with Crippen LogP contribution in [0, 0.1) is 0 Å². The molecule has 0 atom stereocenters. The number of rotatable bonds is 5. The number of nitrogens with zero attached hydrogens (tertiary/aromatic N) is 2. The summed E-state index contributed by atoms with van der Waals surface area (Å²) < 4.78 is 0. The van der Waals surface area contributed by atoms with Crippen LogP contribution in [0.2, 0.25) is 0 Å². The first-order valence-corrected chi connectivity index (χ1v) is 7.09. The lowest BCUT2D eigenvalue weighted by molar-refractivity contribution is -0.115. The molecule has 2 N–H and O–H groups in total. The predicted molar refractivity (Wildman–Crippen MR) is 75.0 cm³/mol. The Bertz CT molecular complexity index is 565. The van der Waals surface area contributed by atoms with Crippen LogP contribution >= 0.6 is 11.3 Å². The molecule has 1 amide bonds. The van der Waals surface area contributed by atoms with E-state index in [1.54, 1.807) is 6.20 Å². The van der Waals surface area contributed by atoms with Gasteiger partial charge in [0.1, 0.15) is 5.69 Å². The lowest BCUT2D eigenvalue weighted by Gasteiger charge is -2.02. The fourth-order valence-electron chi connectivity index (χ4n) is 1.65. The summed E-state index contributed by atoms with van der Waals surface area (Å²) in [5.74, 6) is -0.0474. The van der Waals surface area contributed by atoms with E-state index in [2.05, 4.69) is 20.6 Å². The number of amides is 1. The fraction of sp³-hybridized carbons (Fsp3) is 0.308. The quantitative estimate of drug-likeness (QED) is 0.874. The van der Waals surface area contributed by atoms with Crippen molar-refractivity contribution >= 4 is 22.4 Å². The zero-order valence-corrected chi connectivity index (χ0v) is 11.1. The van der Waals surface area contributed by atoms with Gasteiger partial charge < -0.3 is 10.6 Å². The van der Waals surface area contributed by atoms with Crippen LogP contribution in [0.1, 0.15) is 12.8 Å². The maximum absolute atomic E-state index is 11.7. The minimum absolute atomic E-state index is 0.0474. The zero-order valence-electron chi connectivity index (χ0n) is 10.3. The van der Waals surface area contributed by atoms with Gasteiger partial charge in [-0.15, -0.1) is 11.3 Å². The Labute approximate surface area is 115 Å². The van der Waals surface area contributed by atoms with Gasteiger partial charge in [-0.3, -0.25) is 9.78 Å². The van der Waals surface area contributed by atoms with Gasteiger partial charge in [-0.1, -0.05) is 6.07 Å². The number of aromatic nitrogens is 2. The average Bonchev–Trinajstić information content (AvgIpc) is 3.16. The Morgan fingerprint density at radius 1 is 1.37 bits per heavy atom. The van der Waals surface area contributed by atoms with Crippen molar-refractivity contribution in [1.29, 1.82) is 0 Å². The molecule has 0 radical (unpaired) electrons. The van der Waals surface area contributed by atoms with Crippen LogP contribution in [0.15, 0.2) is 29.8 Å². The zero-order chi connectivity index (χ0) is 13.1. The van der Waals surface area contributed by atoms with Gasteiger partial charge in [0.25, 0.3) is 0 Å². The molecule has 3 rings (SSSR count). The van der Waals surface area contributed by atoms with E-state index in [0.717, 1.165) is 11.4 Å². The molecule has 0 saturated heterocycles. The van der Waals surface area contributed by atoms with Gasteiger partial charge in [0.2, 0.25) is 5.91 Å². The number of pyridine rings is 1. The van der Waals surface area contributed by atoms with Crippen molar-refractivity contribution in [2.45, 2.75) is 18.9 Å². The van der Waals surface area contributed by atoms with Gasteiger partial charge in [0.15, 0.2) is 5.13 Å². The topological polar surface area (TPSA) is 66.9 Å². The third kappa shape index (κ3) is 3.36. The third-order valence-corrected chi connectivity index (χ3v) is 3.56. The van der Waals surface area contributed by atoms with E-state index in [1.165, 1.54) is 24.2 Å². The summed E-state index contributed by atoms with van der Waals surface area (Å²) in [5.41, 5.74) is 1.60. The molecule has 98 valence electrons. The van der Waals surface area contributed by atoms with Crippen LogP contribution in [0.3, 0.4) is 0 Å². The number of thiazole rings is 1. The largest absolute Gasteiger partial charge is 0.306 e. The van der Waals surface area contributed by atoms with E-state index in [9.17, 15) is 4.79 Å². The number of anilines is 1. The molecule has 0 aliphatic heterocycles. The van der Waals surface area contributed by atoms with Crippen LogP contribution in [0.4, 0.5) is 5.13 Å². The van der Waals surface area contributed by atoms with E-state index in [0.29, 0.717) is 17.7 Å². The molecular weight excluding hydrogens is 260 g/mol. The number of nitrogens with one attached hydrogen (secondary N) is 2. The summed E-state index contributed by atoms with van der Waals surface area (Å²) in [5, 5.41) is 8.47. The van der Waals surface area contributed by atoms with Gasteiger partial charge in [0.05, 0.1) is 12.2 Å². The molecule has 0 bridgehead atoms. The lowest BCUT2D eigenvalue weighted by Crippen LogP contribution is -2.29. The van der Waals surface area contributed by atoms with Gasteiger partial charge in [-0.25, -0.2) is 4.98 Å². The van der Waals surface area contributed by atoms with Crippen molar-refractivity contribution in [1.82, 2.24) is 15.3 Å². The molecule has 2 aromatic rings. The highest BCUT2D eigenvalue weighted by molar-refractivity contribution is 7.14. The highest BCUT2D eigenvalue weighted by Gasteiger charge is 2.21. The maximum Gasteiger partial charge on any atom is 0.240 e. The average molecular weight is 274 g/mol. The Kier molecular flexibility index (Phi) is 3.52. The van der Waals surface area contributed by atoms with Crippen molar-refractivity contribution in [3.05, 3.63) is 29.8 Å². The molecule has 1 aliphatic carbocycles. The predicted octanol–water partition coefficient (Wildman–Crippen LogP) is 1.90. The molecule has 6 heteroatoms. The number of carbonyl (C=O) groups excluding carboxylic acids is 1. The first-order valence-electron chi connectivity index (χ1n) is 6.21. The first-order chi connectivity index (χ1) is 9.31. The highest BCUT2D eigenvalue weighted by atomic mass is 32.1. The third-order valence-electron chi connectivity index (χ3n) is 2.81. The summed E-state index contributed by atoms with van der Waals surface area (Å²) in [4.78, 5) is 20.3. The summed E-state index contributed by atoms with van der Waals surface area (Å²) in [6.45, 7) is 0.350. The Morgan fingerprint density at radius 3 is 3.00 bits per heavy atom. The van der Waals surface area contributed by atoms with E-state index < -0.39 is 0 Å². The van der Waals surface area contributed by atoms with Crippen LogP contribution in [-0.4, -0.2) is 28.5 Å². The molecule has 0 aromatic carbocycles. The van der Waals surface area contributed by atoms with Gasteiger partial charge in [-0.2, -0.15) is 0 Å². The van der Waals surface area contributed by atoms with Crippen molar-refractivity contribution in [2.75, 3.05) is 11.9 Å². The normalized spacial score (nSPS) is 14.3. The molecule has 0 unspecified atom stereocenters. The smallest absolute Gasteiger partial charge is 0.240 e. The van der Waals surface area contributed by atoms with Crippen molar-refractivity contribution in [3.63, 3.8) is 0 Å². The van der Waals surface area contributed by atoms with E-state index >= 15 is 0 Å². The molecule has 1 saturated carbocycles. The van der Waals surface area contributed by atoms with E-state index in [4.69, 9.17) is 0 Å². The molecule has 2 aromatic heterocycles. The highest BCUT2D eigenvalue weighted by Crippen LogP contribution is 2.23. The minimum Gasteiger partial charge on any atom is -0.306 e. The Morgan fingerprint density at radius 2 is 2.26 bits per heavy atom. The van der Waals surface area contributed by atoms with Crippen LogP contribution in [0.25, 0.3) is 11.4 Å². The number of hydrogen-bond donors (Lipinski definition) is 2. The molecule has 5 nitrogen and oxygen atoms in total. The fourth-order valence-corrected chi connectivity index (χ4v) is 2.37. The second-order valence-corrected chi connectivity index (χ2v) is 5.31. The molecule has 19 heavy (non-hydrogen) atoms. The van der Waals surface area contributed by atoms with Crippen molar-refractivity contribution in [2.24, 2.45) is 0 Å². The standard InChI is InChI=1S/C13H14N4OS/c18-12(7-15-9-4-5-9)17-13-16-11(8-19-13)10-3-1-2-6-14-10/h1-3,6,8-9,15H,4-5,7H2,(H,16,17,18).